The smallest absolute Gasteiger partial charge is 0.272 e. The lowest BCUT2D eigenvalue weighted by Gasteiger charge is -2.37. The molecule has 1 aliphatic rings. The summed E-state index contributed by atoms with van der Waals surface area (Å²) in [5.74, 6) is 1.39. The van der Waals surface area contributed by atoms with E-state index in [1.807, 2.05) is 60.7 Å². The van der Waals surface area contributed by atoms with E-state index in [0.717, 1.165) is 60.6 Å². The maximum absolute atomic E-state index is 13.0. The molecule has 0 unspecified atom stereocenters. The molecular weight excluding hydrogens is 474 g/mol. The van der Waals surface area contributed by atoms with E-state index >= 15 is 0 Å². The van der Waals surface area contributed by atoms with Gasteiger partial charge in [0, 0.05) is 48.5 Å². The number of piperazine rings is 1. The zero-order valence-electron chi connectivity index (χ0n) is 20.2. The number of fused-ring (bicyclic) bond motifs is 1. The van der Waals surface area contributed by atoms with Crippen LogP contribution in [0.4, 0.5) is 11.5 Å². The third-order valence-electron chi connectivity index (χ3n) is 6.49. The Morgan fingerprint density at radius 2 is 1.61 bits per heavy atom. The van der Waals surface area contributed by atoms with Crippen LogP contribution in [0.15, 0.2) is 72.8 Å². The molecule has 8 heteroatoms. The van der Waals surface area contributed by atoms with Gasteiger partial charge in [0.2, 0.25) is 0 Å². The van der Waals surface area contributed by atoms with Crippen molar-refractivity contribution in [1.29, 1.82) is 0 Å². The molecule has 7 nitrogen and oxygen atoms in total. The van der Waals surface area contributed by atoms with Crippen molar-refractivity contribution in [3.63, 3.8) is 0 Å². The Morgan fingerprint density at radius 3 is 2.36 bits per heavy atom. The van der Waals surface area contributed by atoms with Gasteiger partial charge in [-0.2, -0.15) is 0 Å². The van der Waals surface area contributed by atoms with Gasteiger partial charge in [0.05, 0.1) is 12.8 Å². The largest absolute Gasteiger partial charge is 0.495 e. The zero-order chi connectivity index (χ0) is 24.9. The SMILES string of the molecule is COc1ccc(Cl)cc1N1CCN(c2nnc(C(=O)NCCc3ccccc3)c3ccccc23)CC1. The summed E-state index contributed by atoms with van der Waals surface area (Å²) in [6, 6.07) is 23.6. The summed E-state index contributed by atoms with van der Waals surface area (Å²) in [7, 11) is 1.67. The Kier molecular flexibility index (Phi) is 7.18. The minimum absolute atomic E-state index is 0.209. The molecule has 0 bridgehead atoms. The molecule has 0 atom stereocenters. The van der Waals surface area contributed by atoms with Crippen molar-refractivity contribution < 1.29 is 9.53 Å². The minimum atomic E-state index is -0.209. The van der Waals surface area contributed by atoms with Crippen molar-refractivity contribution in [3.05, 3.63) is 89.1 Å². The standard InChI is InChI=1S/C28H28ClN5O2/c1-36-25-12-11-21(29)19-24(25)33-15-17-34(18-16-33)27-23-10-6-5-9-22(23)26(31-32-27)28(35)30-14-13-20-7-3-2-4-8-20/h2-12,19H,13-18H2,1H3,(H,30,35). The predicted molar refractivity (Wildman–Crippen MR) is 144 cm³/mol. The first-order valence-electron chi connectivity index (χ1n) is 12.0. The van der Waals surface area contributed by atoms with Crippen molar-refractivity contribution >= 4 is 39.8 Å². The minimum Gasteiger partial charge on any atom is -0.495 e. The molecule has 2 heterocycles. The topological polar surface area (TPSA) is 70.6 Å². The molecule has 0 radical (unpaired) electrons. The summed E-state index contributed by atoms with van der Waals surface area (Å²) < 4.78 is 5.54. The quantitative estimate of drug-likeness (QED) is 0.399. The van der Waals surface area contributed by atoms with E-state index in [2.05, 4.69) is 37.4 Å². The van der Waals surface area contributed by atoms with Gasteiger partial charge in [-0.15, -0.1) is 10.2 Å². The zero-order valence-corrected chi connectivity index (χ0v) is 20.9. The number of aromatic nitrogens is 2. The van der Waals surface area contributed by atoms with Gasteiger partial charge in [0.25, 0.3) is 5.91 Å². The molecule has 0 saturated carbocycles. The molecule has 184 valence electrons. The molecule has 5 rings (SSSR count). The highest BCUT2D eigenvalue weighted by atomic mass is 35.5. The molecule has 1 aromatic heterocycles. The Bertz CT molecular complexity index is 1360. The van der Waals surface area contributed by atoms with Crippen LogP contribution in [0.25, 0.3) is 10.8 Å². The number of hydrogen-bond donors (Lipinski definition) is 1. The number of hydrogen-bond acceptors (Lipinski definition) is 6. The average Bonchev–Trinajstić information content (AvgIpc) is 2.93. The average molecular weight is 502 g/mol. The maximum Gasteiger partial charge on any atom is 0.272 e. The predicted octanol–water partition coefficient (Wildman–Crippen LogP) is 4.59. The molecule has 3 aromatic carbocycles. The number of amides is 1. The number of nitrogens with zero attached hydrogens (tertiary/aromatic N) is 4. The molecular formula is C28H28ClN5O2. The number of halogens is 1. The Balaban J connectivity index is 1.31. The molecule has 1 saturated heterocycles. The molecule has 1 amide bonds. The second kappa shape index (κ2) is 10.8. The molecule has 0 spiro atoms. The summed E-state index contributed by atoms with van der Waals surface area (Å²) >= 11 is 6.24. The number of anilines is 2. The van der Waals surface area contributed by atoms with Crippen molar-refractivity contribution in [3.8, 4) is 5.75 Å². The monoisotopic (exact) mass is 501 g/mol. The summed E-state index contributed by atoms with van der Waals surface area (Å²) in [5, 5.41) is 14.3. The lowest BCUT2D eigenvalue weighted by atomic mass is 10.1. The van der Waals surface area contributed by atoms with Crippen LogP contribution in [0.2, 0.25) is 5.02 Å². The lowest BCUT2D eigenvalue weighted by molar-refractivity contribution is 0.0950. The Labute approximate surface area is 215 Å². The number of carbonyl (C=O) groups excluding carboxylic acids is 1. The van der Waals surface area contributed by atoms with E-state index in [9.17, 15) is 4.79 Å². The van der Waals surface area contributed by atoms with Gasteiger partial charge >= 0.3 is 0 Å². The fourth-order valence-corrected chi connectivity index (χ4v) is 4.78. The van der Waals surface area contributed by atoms with Crippen molar-refractivity contribution in [1.82, 2.24) is 15.5 Å². The summed E-state index contributed by atoms with van der Waals surface area (Å²) in [6.07, 6.45) is 0.762. The van der Waals surface area contributed by atoms with E-state index in [-0.39, 0.29) is 5.91 Å². The molecule has 1 N–H and O–H groups in total. The highest BCUT2D eigenvalue weighted by Crippen LogP contribution is 2.33. The van der Waals surface area contributed by atoms with Gasteiger partial charge in [0.15, 0.2) is 11.5 Å². The summed E-state index contributed by atoms with van der Waals surface area (Å²) in [6.45, 7) is 3.63. The fourth-order valence-electron chi connectivity index (χ4n) is 4.61. The third kappa shape index (κ3) is 5.06. The van der Waals surface area contributed by atoms with Crippen molar-refractivity contribution in [2.75, 3.05) is 49.6 Å². The maximum atomic E-state index is 13.0. The molecule has 1 aliphatic heterocycles. The number of rotatable bonds is 7. The molecule has 1 fully saturated rings. The Morgan fingerprint density at radius 1 is 0.917 bits per heavy atom. The van der Waals surface area contributed by atoms with Crippen LogP contribution in [-0.4, -0.2) is 55.9 Å². The first-order valence-corrected chi connectivity index (χ1v) is 12.4. The van der Waals surface area contributed by atoms with Crippen molar-refractivity contribution in [2.24, 2.45) is 0 Å². The number of methoxy groups -OCH3 is 1. The van der Waals surface area contributed by atoms with Crippen LogP contribution >= 0.6 is 11.6 Å². The van der Waals surface area contributed by atoms with Crippen LogP contribution in [-0.2, 0) is 6.42 Å². The van der Waals surface area contributed by atoms with E-state index in [1.165, 1.54) is 5.56 Å². The third-order valence-corrected chi connectivity index (χ3v) is 6.72. The first kappa shape index (κ1) is 23.9. The summed E-state index contributed by atoms with van der Waals surface area (Å²) in [5.41, 5.74) is 2.52. The van der Waals surface area contributed by atoms with Crippen LogP contribution in [0, 0.1) is 0 Å². The molecule has 36 heavy (non-hydrogen) atoms. The molecule has 4 aromatic rings. The first-order chi connectivity index (χ1) is 17.6. The van der Waals surface area contributed by atoms with Crippen molar-refractivity contribution in [2.45, 2.75) is 6.42 Å². The second-order valence-electron chi connectivity index (χ2n) is 8.70. The highest BCUT2D eigenvalue weighted by Gasteiger charge is 2.24. The van der Waals surface area contributed by atoms with Crippen LogP contribution in [0.3, 0.4) is 0 Å². The number of ether oxygens (including phenoxy) is 1. The number of carbonyl (C=O) groups is 1. The van der Waals surface area contributed by atoms with Crippen LogP contribution in [0.5, 0.6) is 5.75 Å². The lowest BCUT2D eigenvalue weighted by Crippen LogP contribution is -2.47. The van der Waals surface area contributed by atoms with E-state index in [1.54, 1.807) is 7.11 Å². The Hall–Kier alpha value is -3.84. The van der Waals surface area contributed by atoms with Gasteiger partial charge < -0.3 is 19.9 Å². The fraction of sp³-hybridized carbons (Fsp3) is 0.250. The van der Waals surface area contributed by atoms with Crippen LogP contribution in [0.1, 0.15) is 16.1 Å². The molecule has 0 aliphatic carbocycles. The van der Waals surface area contributed by atoms with Gasteiger partial charge in [-0.1, -0.05) is 66.2 Å². The van der Waals surface area contributed by atoms with Crippen LogP contribution < -0.4 is 19.9 Å². The summed E-state index contributed by atoms with van der Waals surface area (Å²) in [4.78, 5) is 17.5. The van der Waals surface area contributed by atoms with E-state index in [4.69, 9.17) is 16.3 Å². The highest BCUT2D eigenvalue weighted by molar-refractivity contribution is 6.31. The van der Waals surface area contributed by atoms with E-state index in [0.29, 0.717) is 17.3 Å². The van der Waals surface area contributed by atoms with Gasteiger partial charge in [-0.25, -0.2) is 0 Å². The normalized spacial score (nSPS) is 13.6. The van der Waals surface area contributed by atoms with Gasteiger partial charge in [0.1, 0.15) is 5.75 Å². The second-order valence-corrected chi connectivity index (χ2v) is 9.14. The number of benzene rings is 3. The van der Waals surface area contributed by atoms with Gasteiger partial charge in [-0.3, -0.25) is 4.79 Å². The van der Waals surface area contributed by atoms with Gasteiger partial charge in [-0.05, 0) is 30.2 Å². The number of nitrogens with one attached hydrogen (secondary N) is 1. The van der Waals surface area contributed by atoms with E-state index < -0.39 is 0 Å².